The Bertz CT molecular complexity index is 257. The molecule has 0 heterocycles. The van der Waals surface area contributed by atoms with Gasteiger partial charge in [0.15, 0.2) is 0 Å². The first kappa shape index (κ1) is 9.81. The number of aliphatic hydroxyl groups is 2. The predicted molar refractivity (Wildman–Crippen MR) is 48.3 cm³/mol. The van der Waals surface area contributed by atoms with Gasteiger partial charge < -0.3 is 10.2 Å². The Labute approximate surface area is 80.4 Å². The van der Waals surface area contributed by atoms with Crippen molar-refractivity contribution in [2.24, 2.45) is 0 Å². The van der Waals surface area contributed by atoms with Crippen molar-refractivity contribution in [2.45, 2.75) is 13.2 Å². The van der Waals surface area contributed by atoms with Crippen LogP contribution in [0.3, 0.4) is 0 Å². The lowest BCUT2D eigenvalue weighted by atomic mass is 10.1. The third-order valence-electron chi connectivity index (χ3n) is 1.56. The Morgan fingerprint density at radius 3 is 1.50 bits per heavy atom. The standard InChI is InChI=1S/C8H8Cl2O2/c9-7-1-5(3-11)8(10)2-6(7)4-12/h1-2,11-12H,3-4H2. The highest BCUT2D eigenvalue weighted by Crippen LogP contribution is 2.25. The average Bonchev–Trinajstić information content (AvgIpc) is 2.08. The van der Waals surface area contributed by atoms with Gasteiger partial charge in [-0.1, -0.05) is 23.2 Å². The van der Waals surface area contributed by atoms with Crippen LogP contribution < -0.4 is 0 Å². The first-order valence-electron chi connectivity index (χ1n) is 3.37. The quantitative estimate of drug-likeness (QED) is 0.778. The first-order chi connectivity index (χ1) is 5.69. The van der Waals surface area contributed by atoms with Crippen LogP contribution in [-0.2, 0) is 13.2 Å². The van der Waals surface area contributed by atoms with Gasteiger partial charge >= 0.3 is 0 Å². The summed E-state index contributed by atoms with van der Waals surface area (Å²) in [6.45, 7) is -0.297. The van der Waals surface area contributed by atoms with Gasteiger partial charge in [-0.3, -0.25) is 0 Å². The third-order valence-corrected chi connectivity index (χ3v) is 2.26. The largest absolute Gasteiger partial charge is 0.392 e. The summed E-state index contributed by atoms with van der Waals surface area (Å²) in [5.41, 5.74) is 1.14. The van der Waals surface area contributed by atoms with E-state index in [2.05, 4.69) is 0 Å². The SMILES string of the molecule is OCc1cc(Cl)c(CO)cc1Cl. The minimum Gasteiger partial charge on any atom is -0.392 e. The second kappa shape index (κ2) is 4.10. The highest BCUT2D eigenvalue weighted by atomic mass is 35.5. The number of rotatable bonds is 2. The third kappa shape index (κ3) is 1.90. The lowest BCUT2D eigenvalue weighted by Gasteiger charge is -2.05. The molecule has 0 fully saturated rings. The Balaban J connectivity index is 3.16. The highest BCUT2D eigenvalue weighted by Gasteiger charge is 2.05. The molecule has 12 heavy (non-hydrogen) atoms. The molecule has 0 radical (unpaired) electrons. The minimum absolute atomic E-state index is 0.149. The Morgan fingerprint density at radius 2 is 1.25 bits per heavy atom. The summed E-state index contributed by atoms with van der Waals surface area (Å²) in [6.07, 6.45) is 0. The van der Waals surface area contributed by atoms with Crippen LogP contribution in [0, 0.1) is 0 Å². The molecule has 0 bridgehead atoms. The zero-order valence-corrected chi connectivity index (χ0v) is 7.73. The van der Waals surface area contributed by atoms with E-state index in [-0.39, 0.29) is 13.2 Å². The Kier molecular flexibility index (Phi) is 3.35. The summed E-state index contributed by atoms with van der Waals surface area (Å²) < 4.78 is 0. The second-order valence-corrected chi connectivity index (χ2v) is 3.17. The van der Waals surface area contributed by atoms with Crippen molar-refractivity contribution in [1.29, 1.82) is 0 Å². The average molecular weight is 207 g/mol. The van der Waals surface area contributed by atoms with E-state index in [1.165, 1.54) is 0 Å². The van der Waals surface area contributed by atoms with Crippen molar-refractivity contribution in [2.75, 3.05) is 0 Å². The van der Waals surface area contributed by atoms with Crippen molar-refractivity contribution in [3.8, 4) is 0 Å². The van der Waals surface area contributed by atoms with E-state index >= 15 is 0 Å². The fourth-order valence-electron chi connectivity index (χ4n) is 0.872. The lowest BCUT2D eigenvalue weighted by Crippen LogP contribution is -1.90. The monoisotopic (exact) mass is 206 g/mol. The van der Waals surface area contributed by atoms with Crippen molar-refractivity contribution < 1.29 is 10.2 Å². The van der Waals surface area contributed by atoms with E-state index in [4.69, 9.17) is 33.4 Å². The molecule has 0 aliphatic carbocycles. The smallest absolute Gasteiger partial charge is 0.0696 e. The zero-order chi connectivity index (χ0) is 9.14. The maximum absolute atomic E-state index is 8.80. The van der Waals surface area contributed by atoms with Crippen LogP contribution in [0.2, 0.25) is 10.0 Å². The fourth-order valence-corrected chi connectivity index (χ4v) is 1.36. The van der Waals surface area contributed by atoms with E-state index in [0.29, 0.717) is 21.2 Å². The van der Waals surface area contributed by atoms with Crippen molar-refractivity contribution >= 4 is 23.2 Å². The molecule has 66 valence electrons. The van der Waals surface area contributed by atoms with Crippen LogP contribution in [0.5, 0.6) is 0 Å². The van der Waals surface area contributed by atoms with Crippen LogP contribution in [-0.4, -0.2) is 10.2 Å². The van der Waals surface area contributed by atoms with Crippen LogP contribution in [0.4, 0.5) is 0 Å². The van der Waals surface area contributed by atoms with Gasteiger partial charge in [0, 0.05) is 10.0 Å². The number of benzene rings is 1. The molecule has 1 aromatic carbocycles. The summed E-state index contributed by atoms with van der Waals surface area (Å²) in [4.78, 5) is 0. The van der Waals surface area contributed by atoms with Gasteiger partial charge in [0.2, 0.25) is 0 Å². The van der Waals surface area contributed by atoms with E-state index in [9.17, 15) is 0 Å². The van der Waals surface area contributed by atoms with Crippen LogP contribution in [0.1, 0.15) is 11.1 Å². The number of hydrogen-bond acceptors (Lipinski definition) is 2. The molecule has 4 heteroatoms. The van der Waals surface area contributed by atoms with Gasteiger partial charge in [-0.15, -0.1) is 0 Å². The molecule has 1 aromatic rings. The molecule has 2 N–H and O–H groups in total. The van der Waals surface area contributed by atoms with Gasteiger partial charge in [-0.25, -0.2) is 0 Å². The van der Waals surface area contributed by atoms with Gasteiger partial charge in [0.25, 0.3) is 0 Å². The zero-order valence-electron chi connectivity index (χ0n) is 6.22. The van der Waals surface area contributed by atoms with Gasteiger partial charge in [-0.2, -0.15) is 0 Å². The first-order valence-corrected chi connectivity index (χ1v) is 4.13. The Morgan fingerprint density at radius 1 is 0.917 bits per heavy atom. The Hall–Kier alpha value is -0.280. The number of hydrogen-bond donors (Lipinski definition) is 2. The molecular weight excluding hydrogens is 199 g/mol. The van der Waals surface area contributed by atoms with E-state index in [1.807, 2.05) is 0 Å². The normalized spacial score (nSPS) is 10.3. The predicted octanol–water partition coefficient (Wildman–Crippen LogP) is 1.98. The van der Waals surface area contributed by atoms with Crippen LogP contribution >= 0.6 is 23.2 Å². The molecule has 0 aromatic heterocycles. The summed E-state index contributed by atoms with van der Waals surface area (Å²) in [5.74, 6) is 0. The highest BCUT2D eigenvalue weighted by molar-refractivity contribution is 6.34. The van der Waals surface area contributed by atoms with E-state index in [1.54, 1.807) is 12.1 Å². The molecule has 1 rings (SSSR count). The lowest BCUT2D eigenvalue weighted by molar-refractivity contribution is 0.278. The van der Waals surface area contributed by atoms with Gasteiger partial charge in [-0.05, 0) is 23.3 Å². The molecule has 2 nitrogen and oxygen atoms in total. The van der Waals surface area contributed by atoms with Gasteiger partial charge in [0.05, 0.1) is 13.2 Å². The molecule has 0 atom stereocenters. The molecule has 0 spiro atoms. The molecule has 0 aliphatic heterocycles. The molecule has 0 amide bonds. The molecule has 0 aliphatic rings. The molecule has 0 unspecified atom stereocenters. The number of aliphatic hydroxyl groups excluding tert-OH is 2. The van der Waals surface area contributed by atoms with E-state index < -0.39 is 0 Å². The van der Waals surface area contributed by atoms with Gasteiger partial charge in [0.1, 0.15) is 0 Å². The van der Waals surface area contributed by atoms with E-state index in [0.717, 1.165) is 0 Å². The van der Waals surface area contributed by atoms with Crippen LogP contribution in [0.15, 0.2) is 12.1 Å². The van der Waals surface area contributed by atoms with Crippen molar-refractivity contribution in [3.05, 3.63) is 33.3 Å². The topological polar surface area (TPSA) is 40.5 Å². The van der Waals surface area contributed by atoms with Crippen molar-refractivity contribution in [1.82, 2.24) is 0 Å². The molecule has 0 saturated heterocycles. The summed E-state index contributed by atoms with van der Waals surface area (Å²) in [7, 11) is 0. The minimum atomic E-state index is -0.149. The van der Waals surface area contributed by atoms with Crippen LogP contribution in [0.25, 0.3) is 0 Å². The maximum Gasteiger partial charge on any atom is 0.0696 e. The summed E-state index contributed by atoms with van der Waals surface area (Å²) >= 11 is 11.5. The fraction of sp³-hybridized carbons (Fsp3) is 0.250. The second-order valence-electron chi connectivity index (χ2n) is 2.35. The molecule has 0 saturated carbocycles. The summed E-state index contributed by atoms with van der Waals surface area (Å²) in [6, 6.07) is 3.10. The van der Waals surface area contributed by atoms with Crippen molar-refractivity contribution in [3.63, 3.8) is 0 Å². The summed E-state index contributed by atoms with van der Waals surface area (Å²) in [5, 5.41) is 18.4. The maximum atomic E-state index is 8.80. The molecular formula is C8H8Cl2O2. The number of halogens is 2.